The average molecular weight is 365 g/mol. The fourth-order valence-electron chi connectivity index (χ4n) is 2.24. The number of anilines is 1. The van der Waals surface area contributed by atoms with Crippen molar-refractivity contribution >= 4 is 33.1 Å². The van der Waals surface area contributed by atoms with Crippen molar-refractivity contribution in [2.24, 2.45) is 0 Å². The maximum Gasteiger partial charge on any atom is 0.231 e. The highest BCUT2D eigenvalue weighted by Crippen LogP contribution is 2.43. The lowest BCUT2D eigenvalue weighted by Crippen LogP contribution is -1.92. The van der Waals surface area contributed by atoms with E-state index in [-0.39, 0.29) is 6.79 Å². The summed E-state index contributed by atoms with van der Waals surface area (Å²) < 4.78 is 17.2. The molecular formula is C14H9BrN2O3S. The van der Waals surface area contributed by atoms with Gasteiger partial charge < -0.3 is 19.7 Å². The fraction of sp³-hybridized carbons (Fsp3) is 0.0714. The maximum absolute atomic E-state index is 5.98. The van der Waals surface area contributed by atoms with Gasteiger partial charge in [0.2, 0.25) is 6.79 Å². The van der Waals surface area contributed by atoms with E-state index in [1.165, 1.54) is 0 Å². The normalized spacial score (nSPS) is 12.8. The van der Waals surface area contributed by atoms with Gasteiger partial charge >= 0.3 is 0 Å². The number of hydrogen-bond acceptors (Lipinski definition) is 6. The molecule has 7 heteroatoms. The zero-order valence-electron chi connectivity index (χ0n) is 10.6. The first-order valence-corrected chi connectivity index (χ1v) is 7.74. The van der Waals surface area contributed by atoms with Gasteiger partial charge in [-0.2, -0.15) is 0 Å². The van der Waals surface area contributed by atoms with E-state index in [2.05, 4.69) is 21.1 Å². The number of thiophene rings is 1. The highest BCUT2D eigenvalue weighted by molar-refractivity contribution is 9.11. The third kappa shape index (κ3) is 2.09. The predicted octanol–water partition coefficient (Wildman–Crippen LogP) is 4.14. The van der Waals surface area contributed by atoms with Gasteiger partial charge in [0, 0.05) is 0 Å². The molecule has 4 rings (SSSR count). The van der Waals surface area contributed by atoms with E-state index in [1.807, 2.05) is 30.3 Å². The molecule has 3 heterocycles. The van der Waals surface area contributed by atoms with Crippen molar-refractivity contribution in [2.45, 2.75) is 0 Å². The summed E-state index contributed by atoms with van der Waals surface area (Å²) in [6.45, 7) is 0.239. The summed E-state index contributed by atoms with van der Waals surface area (Å²) in [6, 6.07) is 9.59. The molecule has 0 radical (unpaired) electrons. The number of aromatic nitrogens is 1. The van der Waals surface area contributed by atoms with Crippen molar-refractivity contribution in [3.05, 3.63) is 34.1 Å². The van der Waals surface area contributed by atoms with Gasteiger partial charge in [-0.15, -0.1) is 11.3 Å². The number of ether oxygens (including phenoxy) is 2. The van der Waals surface area contributed by atoms with Crippen molar-refractivity contribution < 1.29 is 14.0 Å². The molecule has 0 fully saturated rings. The number of benzene rings is 1. The highest BCUT2D eigenvalue weighted by atomic mass is 79.9. The van der Waals surface area contributed by atoms with E-state index in [4.69, 9.17) is 19.7 Å². The fourth-order valence-corrected chi connectivity index (χ4v) is 3.61. The molecule has 0 saturated heterocycles. The minimum atomic E-state index is 0.239. The van der Waals surface area contributed by atoms with E-state index in [9.17, 15) is 0 Å². The summed E-state index contributed by atoms with van der Waals surface area (Å²) in [7, 11) is 0. The van der Waals surface area contributed by atoms with Gasteiger partial charge in [0.1, 0.15) is 0 Å². The van der Waals surface area contributed by atoms with Crippen molar-refractivity contribution in [1.82, 2.24) is 5.16 Å². The molecule has 2 aromatic heterocycles. The molecule has 1 aromatic carbocycles. The second kappa shape index (κ2) is 4.78. The van der Waals surface area contributed by atoms with E-state index < -0.39 is 0 Å². The average Bonchev–Trinajstić information content (AvgIpc) is 3.17. The summed E-state index contributed by atoms with van der Waals surface area (Å²) in [6.07, 6.45) is 0. The van der Waals surface area contributed by atoms with Crippen LogP contribution in [0.5, 0.6) is 11.5 Å². The van der Waals surface area contributed by atoms with Crippen LogP contribution in [0.25, 0.3) is 21.8 Å². The molecule has 0 atom stereocenters. The quantitative estimate of drug-likeness (QED) is 0.739. The largest absolute Gasteiger partial charge is 0.454 e. The van der Waals surface area contributed by atoms with Crippen LogP contribution in [0.15, 0.2) is 38.6 Å². The number of nitrogens with zero attached hydrogens (tertiary/aromatic N) is 1. The zero-order valence-corrected chi connectivity index (χ0v) is 13.0. The Morgan fingerprint density at radius 3 is 2.81 bits per heavy atom. The lowest BCUT2D eigenvalue weighted by atomic mass is 10.0. The van der Waals surface area contributed by atoms with Crippen LogP contribution in [0.4, 0.5) is 5.82 Å². The Bertz CT molecular complexity index is 827. The standard InChI is InChI=1S/C14H9BrN2O3S/c15-11-4-3-10(21-11)13-12(14(16)17-20-13)7-1-2-8-9(5-7)19-6-18-8/h1-5H,6H2,(H2,16,17). The Balaban J connectivity index is 1.87. The molecule has 3 aromatic rings. The molecule has 1 aliphatic rings. The number of fused-ring (bicyclic) bond motifs is 1. The summed E-state index contributed by atoms with van der Waals surface area (Å²) >= 11 is 5.01. The Kier molecular flexibility index (Phi) is 2.90. The molecule has 0 amide bonds. The molecule has 1 aliphatic heterocycles. The van der Waals surface area contributed by atoms with Crippen molar-refractivity contribution in [1.29, 1.82) is 0 Å². The minimum absolute atomic E-state index is 0.239. The van der Waals surface area contributed by atoms with Gasteiger partial charge in [0.15, 0.2) is 23.1 Å². The number of nitrogen functional groups attached to an aromatic ring is 1. The van der Waals surface area contributed by atoms with Crippen LogP contribution < -0.4 is 15.2 Å². The molecule has 0 saturated carbocycles. The second-order valence-electron chi connectivity index (χ2n) is 4.44. The van der Waals surface area contributed by atoms with E-state index in [0.717, 1.165) is 25.5 Å². The van der Waals surface area contributed by atoms with Crippen LogP contribution in [0.2, 0.25) is 0 Å². The summed E-state index contributed by atoms with van der Waals surface area (Å²) in [5.41, 5.74) is 7.63. The van der Waals surface area contributed by atoms with Gasteiger partial charge in [0.05, 0.1) is 14.2 Å². The Morgan fingerprint density at radius 2 is 2.00 bits per heavy atom. The highest BCUT2D eigenvalue weighted by Gasteiger charge is 2.22. The molecule has 0 unspecified atom stereocenters. The number of nitrogens with two attached hydrogens (primary N) is 1. The first-order chi connectivity index (χ1) is 10.2. The van der Waals surface area contributed by atoms with E-state index in [1.54, 1.807) is 11.3 Å². The third-order valence-electron chi connectivity index (χ3n) is 3.18. The lowest BCUT2D eigenvalue weighted by molar-refractivity contribution is 0.174. The Labute approximate surface area is 132 Å². The molecule has 2 N–H and O–H groups in total. The van der Waals surface area contributed by atoms with Crippen LogP contribution in [-0.4, -0.2) is 11.9 Å². The lowest BCUT2D eigenvalue weighted by Gasteiger charge is -2.03. The number of halogens is 1. The van der Waals surface area contributed by atoms with Gasteiger partial charge in [-0.25, -0.2) is 0 Å². The number of hydrogen-bond donors (Lipinski definition) is 1. The van der Waals surface area contributed by atoms with Gasteiger partial charge in [-0.05, 0) is 45.8 Å². The van der Waals surface area contributed by atoms with E-state index >= 15 is 0 Å². The molecule has 0 aliphatic carbocycles. The molecule has 21 heavy (non-hydrogen) atoms. The van der Waals surface area contributed by atoms with Crippen LogP contribution in [0.3, 0.4) is 0 Å². The molecule has 106 valence electrons. The predicted molar refractivity (Wildman–Crippen MR) is 83.5 cm³/mol. The zero-order chi connectivity index (χ0) is 14.4. The number of rotatable bonds is 2. The summed E-state index contributed by atoms with van der Waals surface area (Å²) in [4.78, 5) is 0.957. The van der Waals surface area contributed by atoms with Crippen LogP contribution in [0, 0.1) is 0 Å². The van der Waals surface area contributed by atoms with Crippen LogP contribution in [-0.2, 0) is 0 Å². The SMILES string of the molecule is Nc1noc(-c2ccc(Br)s2)c1-c1ccc2c(c1)OCO2. The van der Waals surface area contributed by atoms with Gasteiger partial charge in [0.25, 0.3) is 0 Å². The monoisotopic (exact) mass is 364 g/mol. The van der Waals surface area contributed by atoms with Crippen LogP contribution in [0.1, 0.15) is 0 Å². The smallest absolute Gasteiger partial charge is 0.231 e. The third-order valence-corrected chi connectivity index (χ3v) is 4.80. The first kappa shape index (κ1) is 12.7. The Morgan fingerprint density at radius 1 is 1.14 bits per heavy atom. The summed E-state index contributed by atoms with van der Waals surface area (Å²) in [5, 5.41) is 3.89. The first-order valence-electron chi connectivity index (χ1n) is 6.13. The molecule has 0 bridgehead atoms. The van der Waals surface area contributed by atoms with Gasteiger partial charge in [-0.3, -0.25) is 0 Å². The van der Waals surface area contributed by atoms with Crippen molar-refractivity contribution in [3.8, 4) is 33.3 Å². The topological polar surface area (TPSA) is 70.5 Å². The van der Waals surface area contributed by atoms with Crippen LogP contribution >= 0.6 is 27.3 Å². The van der Waals surface area contributed by atoms with Gasteiger partial charge in [-0.1, -0.05) is 11.2 Å². The maximum atomic E-state index is 5.98. The second-order valence-corrected chi connectivity index (χ2v) is 6.91. The van der Waals surface area contributed by atoms with E-state index in [0.29, 0.717) is 17.3 Å². The summed E-state index contributed by atoms with van der Waals surface area (Å²) in [5.74, 6) is 2.44. The molecule has 5 nitrogen and oxygen atoms in total. The molecular weight excluding hydrogens is 356 g/mol. The van der Waals surface area contributed by atoms with Crippen molar-refractivity contribution in [3.63, 3.8) is 0 Å². The van der Waals surface area contributed by atoms with Crippen molar-refractivity contribution in [2.75, 3.05) is 12.5 Å². The molecule has 0 spiro atoms. The minimum Gasteiger partial charge on any atom is -0.454 e. The Hall–Kier alpha value is -1.99.